The lowest BCUT2D eigenvalue weighted by atomic mass is 10.0. The standard InChI is InChI=1S/C24H28N6O4/c1-15(31)27-21(12-16-14-26-19-7-4-3-6-18(16)19)24(34)28-20(10-9-17(32)13-25)23(33)29-22-8-5-11-30(22)2/h3-8,11,13-14,20-21,25-26H,9-10,12H2,1-2H3,(H,27,31)(H,28,34)(H,29,33)/t20-,21-/m0/s1. The Kier molecular flexibility index (Phi) is 7.96. The number of aromatic amines is 1. The Morgan fingerprint density at radius 3 is 2.50 bits per heavy atom. The summed E-state index contributed by atoms with van der Waals surface area (Å²) in [7, 11) is 1.76. The number of benzene rings is 1. The van der Waals surface area contributed by atoms with Crippen LogP contribution in [0, 0.1) is 5.41 Å². The zero-order chi connectivity index (χ0) is 24.7. The number of H-pyrrole nitrogens is 1. The monoisotopic (exact) mass is 464 g/mol. The van der Waals surface area contributed by atoms with Crippen molar-refractivity contribution < 1.29 is 19.2 Å². The van der Waals surface area contributed by atoms with Crippen molar-refractivity contribution in [1.82, 2.24) is 20.2 Å². The van der Waals surface area contributed by atoms with Crippen molar-refractivity contribution in [1.29, 1.82) is 5.41 Å². The highest BCUT2D eigenvalue weighted by atomic mass is 16.2. The molecular weight excluding hydrogens is 436 g/mol. The van der Waals surface area contributed by atoms with Crippen LogP contribution in [-0.2, 0) is 32.6 Å². The van der Waals surface area contributed by atoms with E-state index in [1.807, 2.05) is 24.3 Å². The first-order valence-corrected chi connectivity index (χ1v) is 10.9. The van der Waals surface area contributed by atoms with Gasteiger partial charge in [-0.25, -0.2) is 0 Å². The topological polar surface area (TPSA) is 149 Å². The van der Waals surface area contributed by atoms with Crippen LogP contribution in [0.25, 0.3) is 10.9 Å². The molecule has 0 aliphatic heterocycles. The molecule has 3 rings (SSSR count). The number of carbonyl (C=O) groups excluding carboxylic acids is 4. The van der Waals surface area contributed by atoms with Crippen molar-refractivity contribution >= 4 is 46.4 Å². The molecule has 10 heteroatoms. The van der Waals surface area contributed by atoms with E-state index in [-0.39, 0.29) is 25.2 Å². The van der Waals surface area contributed by atoms with Crippen molar-refractivity contribution in [2.24, 2.45) is 7.05 Å². The van der Waals surface area contributed by atoms with Crippen LogP contribution >= 0.6 is 0 Å². The van der Waals surface area contributed by atoms with E-state index in [2.05, 4.69) is 20.9 Å². The Bertz CT molecular complexity index is 1210. The second-order valence-corrected chi connectivity index (χ2v) is 8.02. The minimum atomic E-state index is -1.04. The number of nitrogens with zero attached hydrogens (tertiary/aromatic N) is 1. The second kappa shape index (κ2) is 11.1. The maximum Gasteiger partial charge on any atom is 0.248 e. The van der Waals surface area contributed by atoms with Crippen LogP contribution in [0.1, 0.15) is 25.3 Å². The first-order chi connectivity index (χ1) is 16.3. The van der Waals surface area contributed by atoms with Crippen LogP contribution in [0.5, 0.6) is 0 Å². The Morgan fingerprint density at radius 2 is 1.82 bits per heavy atom. The van der Waals surface area contributed by atoms with Crippen LogP contribution in [0.15, 0.2) is 48.8 Å². The van der Waals surface area contributed by atoms with Crippen molar-refractivity contribution in [2.45, 2.75) is 38.3 Å². The Balaban J connectivity index is 1.78. The van der Waals surface area contributed by atoms with Crippen LogP contribution in [0.4, 0.5) is 5.82 Å². The number of para-hydroxylation sites is 1. The number of carbonyl (C=O) groups is 4. The maximum absolute atomic E-state index is 13.2. The van der Waals surface area contributed by atoms with Gasteiger partial charge in [0.2, 0.25) is 17.7 Å². The summed E-state index contributed by atoms with van der Waals surface area (Å²) in [5.41, 5.74) is 1.75. The van der Waals surface area contributed by atoms with Gasteiger partial charge in [0.25, 0.3) is 0 Å². The van der Waals surface area contributed by atoms with Crippen LogP contribution in [0.2, 0.25) is 0 Å². The summed E-state index contributed by atoms with van der Waals surface area (Å²) in [5, 5.41) is 16.1. The molecule has 10 nitrogen and oxygen atoms in total. The number of ketones is 1. The van der Waals surface area contributed by atoms with Crippen molar-refractivity contribution in [3.63, 3.8) is 0 Å². The number of anilines is 1. The summed E-state index contributed by atoms with van der Waals surface area (Å²) < 4.78 is 1.70. The number of amides is 3. The van der Waals surface area contributed by atoms with Crippen LogP contribution in [-0.4, -0.2) is 51.4 Å². The fourth-order valence-electron chi connectivity index (χ4n) is 3.68. The molecule has 0 unspecified atom stereocenters. The Labute approximate surface area is 196 Å². The highest BCUT2D eigenvalue weighted by Crippen LogP contribution is 2.19. The highest BCUT2D eigenvalue weighted by Gasteiger charge is 2.28. The summed E-state index contributed by atoms with van der Waals surface area (Å²) in [6.45, 7) is 1.32. The third-order valence-corrected chi connectivity index (χ3v) is 5.46. The third kappa shape index (κ3) is 6.18. The normalized spacial score (nSPS) is 12.5. The Morgan fingerprint density at radius 1 is 1.06 bits per heavy atom. The summed E-state index contributed by atoms with van der Waals surface area (Å²) in [6, 6.07) is 9.11. The number of hydrogen-bond donors (Lipinski definition) is 5. The predicted octanol–water partition coefficient (Wildman–Crippen LogP) is 1.68. The summed E-state index contributed by atoms with van der Waals surface area (Å²) in [6.07, 6.45) is 4.37. The van der Waals surface area contributed by atoms with Gasteiger partial charge in [-0.05, 0) is 30.2 Å². The average molecular weight is 465 g/mol. The fraction of sp³-hybridized carbons (Fsp3) is 0.292. The van der Waals surface area contributed by atoms with E-state index >= 15 is 0 Å². The van der Waals surface area contributed by atoms with E-state index in [0.29, 0.717) is 12.0 Å². The minimum absolute atomic E-state index is 0.0100. The molecule has 178 valence electrons. The molecule has 2 aromatic heterocycles. The number of aryl methyl sites for hydroxylation is 1. The number of nitrogens with one attached hydrogen (secondary N) is 5. The molecule has 0 radical (unpaired) electrons. The second-order valence-electron chi connectivity index (χ2n) is 8.02. The van der Waals surface area contributed by atoms with Gasteiger partial charge in [-0.15, -0.1) is 0 Å². The molecule has 5 N–H and O–H groups in total. The van der Waals surface area contributed by atoms with Crippen LogP contribution < -0.4 is 16.0 Å². The number of Topliss-reactive ketones (excluding diaryl/α,β-unsaturated/α-hetero) is 1. The average Bonchev–Trinajstić information content (AvgIpc) is 3.41. The molecule has 3 amide bonds. The molecule has 0 saturated heterocycles. The zero-order valence-corrected chi connectivity index (χ0v) is 19.1. The van der Waals surface area contributed by atoms with Gasteiger partial charge in [-0.1, -0.05) is 18.2 Å². The van der Waals surface area contributed by atoms with Gasteiger partial charge >= 0.3 is 0 Å². The van der Waals surface area contributed by atoms with E-state index in [1.165, 1.54) is 6.92 Å². The summed E-state index contributed by atoms with van der Waals surface area (Å²) >= 11 is 0. The van der Waals surface area contributed by atoms with Crippen molar-refractivity contribution in [2.75, 3.05) is 5.32 Å². The molecule has 0 spiro atoms. The number of hydrogen-bond acceptors (Lipinski definition) is 5. The number of rotatable bonds is 11. The van der Waals surface area contributed by atoms with Gasteiger partial charge in [-0.2, -0.15) is 0 Å². The largest absolute Gasteiger partial charge is 0.361 e. The quantitative estimate of drug-likeness (QED) is 0.274. The molecule has 2 heterocycles. The molecule has 1 aromatic carbocycles. The van der Waals surface area contributed by atoms with E-state index in [9.17, 15) is 19.2 Å². The maximum atomic E-state index is 13.2. The van der Waals surface area contributed by atoms with Gasteiger partial charge in [0.15, 0.2) is 5.78 Å². The van der Waals surface area contributed by atoms with Gasteiger partial charge in [-0.3, -0.25) is 19.2 Å². The number of aromatic nitrogens is 2. The lowest BCUT2D eigenvalue weighted by Gasteiger charge is -2.23. The van der Waals surface area contributed by atoms with Crippen molar-refractivity contribution in [3.8, 4) is 0 Å². The summed E-state index contributed by atoms with van der Waals surface area (Å²) in [5.74, 6) is -1.36. The SMILES string of the molecule is CC(=O)N[C@@H](Cc1c[nH]c2ccccc12)C(=O)N[C@@H](CCC(=O)C=N)C(=O)Nc1cccn1C. The third-order valence-electron chi connectivity index (χ3n) is 5.46. The van der Waals surface area contributed by atoms with Gasteiger partial charge in [0.05, 0.1) is 6.21 Å². The molecular formula is C24H28N6O4. The summed E-state index contributed by atoms with van der Waals surface area (Å²) in [4.78, 5) is 52.8. The smallest absolute Gasteiger partial charge is 0.248 e. The molecule has 0 bridgehead atoms. The minimum Gasteiger partial charge on any atom is -0.361 e. The van der Waals surface area contributed by atoms with E-state index in [0.717, 1.165) is 16.5 Å². The molecule has 0 aliphatic carbocycles. The van der Waals surface area contributed by atoms with Crippen molar-refractivity contribution in [3.05, 3.63) is 54.4 Å². The molecule has 0 aliphatic rings. The fourth-order valence-corrected chi connectivity index (χ4v) is 3.68. The van der Waals surface area contributed by atoms with Gasteiger partial charge < -0.3 is 30.9 Å². The molecule has 3 aromatic rings. The first-order valence-electron chi connectivity index (χ1n) is 10.9. The molecule has 34 heavy (non-hydrogen) atoms. The zero-order valence-electron chi connectivity index (χ0n) is 19.1. The van der Waals surface area contributed by atoms with E-state index in [4.69, 9.17) is 5.41 Å². The molecule has 0 saturated carbocycles. The lowest BCUT2D eigenvalue weighted by Crippen LogP contribution is -2.53. The Hall–Kier alpha value is -4.21. The van der Waals surface area contributed by atoms with E-state index < -0.39 is 29.7 Å². The lowest BCUT2D eigenvalue weighted by molar-refractivity contribution is -0.130. The first kappa shape index (κ1) is 24.4. The van der Waals surface area contributed by atoms with Gasteiger partial charge in [0, 0.05) is 50.1 Å². The van der Waals surface area contributed by atoms with Crippen LogP contribution in [0.3, 0.4) is 0 Å². The molecule has 2 atom stereocenters. The molecule has 0 fully saturated rings. The van der Waals surface area contributed by atoms with E-state index in [1.54, 1.807) is 36.1 Å². The predicted molar refractivity (Wildman–Crippen MR) is 129 cm³/mol. The number of fused-ring (bicyclic) bond motifs is 1. The highest BCUT2D eigenvalue weighted by molar-refractivity contribution is 6.26. The van der Waals surface area contributed by atoms with Gasteiger partial charge in [0.1, 0.15) is 17.9 Å².